The molecule has 0 saturated carbocycles. The fourth-order valence-electron chi connectivity index (χ4n) is 0.955. The SMILES string of the molecule is C=C(CC)c1ccc(NC)nc1. The molecule has 0 amide bonds. The molecule has 2 nitrogen and oxygen atoms in total. The van der Waals surface area contributed by atoms with E-state index in [1.54, 1.807) is 0 Å². The van der Waals surface area contributed by atoms with Crippen LogP contribution in [0.5, 0.6) is 0 Å². The summed E-state index contributed by atoms with van der Waals surface area (Å²) >= 11 is 0. The Hall–Kier alpha value is -1.31. The first kappa shape index (κ1) is 8.78. The van der Waals surface area contributed by atoms with Crippen molar-refractivity contribution in [2.45, 2.75) is 13.3 Å². The Morgan fingerprint density at radius 3 is 2.75 bits per heavy atom. The third kappa shape index (κ3) is 1.84. The summed E-state index contributed by atoms with van der Waals surface area (Å²) < 4.78 is 0. The topological polar surface area (TPSA) is 24.9 Å². The summed E-state index contributed by atoms with van der Waals surface area (Å²) in [7, 11) is 1.86. The van der Waals surface area contributed by atoms with E-state index in [1.807, 2.05) is 25.4 Å². The lowest BCUT2D eigenvalue weighted by Gasteiger charge is -2.03. The minimum Gasteiger partial charge on any atom is -0.373 e. The maximum absolute atomic E-state index is 4.19. The van der Waals surface area contributed by atoms with Crippen molar-refractivity contribution in [1.82, 2.24) is 4.98 Å². The number of hydrogen-bond acceptors (Lipinski definition) is 2. The first-order valence-corrected chi connectivity index (χ1v) is 4.10. The molecule has 12 heavy (non-hydrogen) atoms. The lowest BCUT2D eigenvalue weighted by molar-refractivity contribution is 1.21. The molecular formula is C10H14N2. The van der Waals surface area contributed by atoms with E-state index in [0.717, 1.165) is 23.4 Å². The number of aromatic nitrogens is 1. The minimum absolute atomic E-state index is 0.891. The van der Waals surface area contributed by atoms with Gasteiger partial charge in [-0.05, 0) is 29.7 Å². The minimum atomic E-state index is 0.891. The Kier molecular flexibility index (Phi) is 2.86. The first-order chi connectivity index (χ1) is 5.77. The number of nitrogens with zero attached hydrogens (tertiary/aromatic N) is 1. The van der Waals surface area contributed by atoms with Crippen molar-refractivity contribution < 1.29 is 0 Å². The van der Waals surface area contributed by atoms with Crippen molar-refractivity contribution in [3.05, 3.63) is 30.5 Å². The van der Waals surface area contributed by atoms with Crippen LogP contribution in [0.15, 0.2) is 24.9 Å². The Labute approximate surface area is 73.3 Å². The maximum atomic E-state index is 4.19. The molecule has 64 valence electrons. The van der Waals surface area contributed by atoms with Gasteiger partial charge in [-0.25, -0.2) is 4.98 Å². The van der Waals surface area contributed by atoms with Crippen LogP contribution in [0.1, 0.15) is 18.9 Å². The van der Waals surface area contributed by atoms with Gasteiger partial charge in [-0.1, -0.05) is 13.5 Å². The predicted octanol–water partition coefficient (Wildman–Crippen LogP) is 2.55. The smallest absolute Gasteiger partial charge is 0.125 e. The van der Waals surface area contributed by atoms with Crippen LogP contribution in [0.25, 0.3) is 5.57 Å². The van der Waals surface area contributed by atoms with Gasteiger partial charge in [0.25, 0.3) is 0 Å². The molecule has 0 aliphatic rings. The van der Waals surface area contributed by atoms with Crippen LogP contribution in [-0.4, -0.2) is 12.0 Å². The predicted molar refractivity (Wildman–Crippen MR) is 53.1 cm³/mol. The second-order valence-electron chi connectivity index (χ2n) is 2.64. The summed E-state index contributed by atoms with van der Waals surface area (Å²) in [5.74, 6) is 0.891. The third-order valence-electron chi connectivity index (χ3n) is 1.85. The quantitative estimate of drug-likeness (QED) is 0.738. The molecule has 0 unspecified atom stereocenters. The van der Waals surface area contributed by atoms with E-state index in [9.17, 15) is 0 Å². The zero-order valence-corrected chi connectivity index (χ0v) is 7.59. The van der Waals surface area contributed by atoms with Gasteiger partial charge in [-0.2, -0.15) is 0 Å². The van der Waals surface area contributed by atoms with Gasteiger partial charge in [0, 0.05) is 13.2 Å². The fourth-order valence-corrected chi connectivity index (χ4v) is 0.955. The molecule has 1 rings (SSSR count). The number of rotatable bonds is 3. The molecule has 0 aliphatic heterocycles. The molecule has 1 heterocycles. The highest BCUT2D eigenvalue weighted by molar-refractivity contribution is 5.63. The number of nitrogens with one attached hydrogen (secondary N) is 1. The van der Waals surface area contributed by atoms with Gasteiger partial charge in [0.2, 0.25) is 0 Å². The molecule has 0 aromatic carbocycles. The van der Waals surface area contributed by atoms with Crippen LogP contribution in [-0.2, 0) is 0 Å². The normalized spacial score (nSPS) is 9.50. The molecule has 1 aromatic heterocycles. The average molecular weight is 162 g/mol. The van der Waals surface area contributed by atoms with Gasteiger partial charge >= 0.3 is 0 Å². The molecule has 0 saturated heterocycles. The molecule has 0 spiro atoms. The molecule has 0 atom stereocenters. The van der Waals surface area contributed by atoms with Crippen molar-refractivity contribution in [2.24, 2.45) is 0 Å². The highest BCUT2D eigenvalue weighted by Gasteiger charge is 1.96. The number of anilines is 1. The molecule has 0 aliphatic carbocycles. The standard InChI is InChI=1S/C10H14N2/c1-4-8(2)9-5-6-10(11-3)12-7-9/h5-7H,2,4H2,1,3H3,(H,11,12). The van der Waals surface area contributed by atoms with E-state index < -0.39 is 0 Å². The first-order valence-electron chi connectivity index (χ1n) is 4.10. The number of allylic oxidation sites excluding steroid dienone is 1. The summed E-state index contributed by atoms with van der Waals surface area (Å²) in [6.45, 7) is 6.03. The largest absolute Gasteiger partial charge is 0.373 e. The fraction of sp³-hybridized carbons (Fsp3) is 0.300. The number of pyridine rings is 1. The van der Waals surface area contributed by atoms with Crippen molar-refractivity contribution in [3.63, 3.8) is 0 Å². The van der Waals surface area contributed by atoms with Crippen LogP contribution < -0.4 is 5.32 Å². The van der Waals surface area contributed by atoms with Crippen molar-refractivity contribution in [1.29, 1.82) is 0 Å². The Bertz CT molecular complexity index is 262. The van der Waals surface area contributed by atoms with E-state index in [2.05, 4.69) is 23.8 Å². The van der Waals surface area contributed by atoms with E-state index in [-0.39, 0.29) is 0 Å². The zero-order valence-electron chi connectivity index (χ0n) is 7.59. The average Bonchev–Trinajstić information content (AvgIpc) is 2.17. The highest BCUT2D eigenvalue weighted by atomic mass is 14.9. The van der Waals surface area contributed by atoms with Crippen molar-refractivity contribution >= 4 is 11.4 Å². The van der Waals surface area contributed by atoms with E-state index in [0.29, 0.717) is 0 Å². The van der Waals surface area contributed by atoms with Crippen LogP contribution in [0.2, 0.25) is 0 Å². The molecule has 2 heteroatoms. The van der Waals surface area contributed by atoms with Gasteiger partial charge in [-0.3, -0.25) is 0 Å². The van der Waals surface area contributed by atoms with Crippen molar-refractivity contribution in [2.75, 3.05) is 12.4 Å². The molecular weight excluding hydrogens is 148 g/mol. The Morgan fingerprint density at radius 2 is 2.33 bits per heavy atom. The summed E-state index contributed by atoms with van der Waals surface area (Å²) in [6.07, 6.45) is 2.82. The third-order valence-corrected chi connectivity index (χ3v) is 1.85. The second kappa shape index (κ2) is 3.90. The molecule has 0 fully saturated rings. The molecule has 0 radical (unpaired) electrons. The maximum Gasteiger partial charge on any atom is 0.125 e. The van der Waals surface area contributed by atoms with Crippen molar-refractivity contribution in [3.8, 4) is 0 Å². The van der Waals surface area contributed by atoms with Crippen LogP contribution in [0, 0.1) is 0 Å². The number of hydrogen-bond donors (Lipinski definition) is 1. The van der Waals surface area contributed by atoms with Gasteiger partial charge < -0.3 is 5.32 Å². The second-order valence-corrected chi connectivity index (χ2v) is 2.64. The molecule has 1 N–H and O–H groups in total. The van der Waals surface area contributed by atoms with Crippen LogP contribution in [0.4, 0.5) is 5.82 Å². The Morgan fingerprint density at radius 1 is 1.58 bits per heavy atom. The summed E-state index contributed by atoms with van der Waals surface area (Å²) in [6, 6.07) is 3.99. The monoisotopic (exact) mass is 162 g/mol. The molecule has 0 bridgehead atoms. The van der Waals surface area contributed by atoms with Gasteiger partial charge in [-0.15, -0.1) is 0 Å². The van der Waals surface area contributed by atoms with E-state index in [4.69, 9.17) is 0 Å². The summed E-state index contributed by atoms with van der Waals surface area (Å²) in [4.78, 5) is 4.19. The summed E-state index contributed by atoms with van der Waals surface area (Å²) in [5, 5.41) is 2.97. The highest BCUT2D eigenvalue weighted by Crippen LogP contribution is 2.15. The zero-order chi connectivity index (χ0) is 8.97. The van der Waals surface area contributed by atoms with Gasteiger partial charge in [0.1, 0.15) is 5.82 Å². The van der Waals surface area contributed by atoms with Crippen LogP contribution >= 0.6 is 0 Å². The van der Waals surface area contributed by atoms with Crippen LogP contribution in [0.3, 0.4) is 0 Å². The van der Waals surface area contributed by atoms with Gasteiger partial charge in [0.05, 0.1) is 0 Å². The van der Waals surface area contributed by atoms with E-state index in [1.165, 1.54) is 0 Å². The Balaban J connectivity index is 2.84. The van der Waals surface area contributed by atoms with Gasteiger partial charge in [0.15, 0.2) is 0 Å². The molecule has 1 aromatic rings. The lowest BCUT2D eigenvalue weighted by atomic mass is 10.1. The lowest BCUT2D eigenvalue weighted by Crippen LogP contribution is -1.92. The van der Waals surface area contributed by atoms with E-state index >= 15 is 0 Å². The summed E-state index contributed by atoms with van der Waals surface area (Å²) in [5.41, 5.74) is 2.25.